The predicted molar refractivity (Wildman–Crippen MR) is 67.6 cm³/mol. The van der Waals surface area contributed by atoms with Gasteiger partial charge in [-0.05, 0) is 12.1 Å². The number of ketones is 1. The van der Waals surface area contributed by atoms with E-state index in [-0.39, 0.29) is 10.6 Å². The summed E-state index contributed by atoms with van der Waals surface area (Å²) in [6.45, 7) is 3.49. The van der Waals surface area contributed by atoms with Gasteiger partial charge in [0.05, 0.1) is 10.6 Å². The standard InChI is InChI=1S/C13H7ClFNO3/c1-2-3-16-6-8(13(18)19)12(17)7-4-10(15)9(14)5-11(7)16/h2-6H,1H2/p+1. The first-order valence-corrected chi connectivity index (χ1v) is 5.56. The zero-order valence-electron chi connectivity index (χ0n) is 9.56. The SMILES string of the molecule is C=CC=[N+]1C=C(C(=O)O)C(=O)c2cc(F)c(Cl)cc21. The molecule has 0 spiro atoms. The van der Waals surface area contributed by atoms with Gasteiger partial charge in [-0.2, -0.15) is 4.58 Å². The van der Waals surface area contributed by atoms with Crippen molar-refractivity contribution in [2.24, 2.45) is 0 Å². The van der Waals surface area contributed by atoms with Crippen LogP contribution in [0.3, 0.4) is 0 Å². The van der Waals surface area contributed by atoms with Crippen molar-refractivity contribution in [3.63, 3.8) is 0 Å². The van der Waals surface area contributed by atoms with E-state index in [1.807, 2.05) is 0 Å². The van der Waals surface area contributed by atoms with E-state index in [0.717, 1.165) is 12.3 Å². The number of fused-ring (bicyclic) bond motifs is 1. The summed E-state index contributed by atoms with van der Waals surface area (Å²) >= 11 is 5.67. The molecule has 19 heavy (non-hydrogen) atoms. The van der Waals surface area contributed by atoms with Crippen LogP contribution < -0.4 is 0 Å². The van der Waals surface area contributed by atoms with Crippen molar-refractivity contribution < 1.29 is 23.7 Å². The highest BCUT2D eigenvalue weighted by molar-refractivity contribution is 6.32. The van der Waals surface area contributed by atoms with E-state index in [1.54, 1.807) is 0 Å². The third kappa shape index (κ3) is 2.20. The minimum absolute atomic E-state index is 0.0556. The van der Waals surface area contributed by atoms with E-state index in [0.29, 0.717) is 5.69 Å². The first-order valence-electron chi connectivity index (χ1n) is 5.18. The van der Waals surface area contributed by atoms with E-state index in [1.165, 1.54) is 22.9 Å². The maximum Gasteiger partial charge on any atom is 0.345 e. The van der Waals surface area contributed by atoms with Gasteiger partial charge in [0.1, 0.15) is 5.82 Å². The van der Waals surface area contributed by atoms with Crippen LogP contribution in [0.2, 0.25) is 5.02 Å². The first kappa shape index (κ1) is 13.2. The van der Waals surface area contributed by atoms with Gasteiger partial charge in [0.2, 0.25) is 11.5 Å². The number of hydrogen-bond donors (Lipinski definition) is 1. The lowest BCUT2D eigenvalue weighted by molar-refractivity contribution is -0.355. The van der Waals surface area contributed by atoms with Crippen molar-refractivity contribution in [3.05, 3.63) is 53.0 Å². The fourth-order valence-electron chi connectivity index (χ4n) is 1.73. The molecule has 0 radical (unpaired) electrons. The Bertz CT molecular complexity index is 677. The summed E-state index contributed by atoms with van der Waals surface area (Å²) < 4.78 is 14.8. The maximum atomic E-state index is 13.4. The quantitative estimate of drug-likeness (QED) is 0.669. The molecular formula is C13H8ClFNO3+. The molecule has 0 aromatic heterocycles. The van der Waals surface area contributed by atoms with Gasteiger partial charge < -0.3 is 5.11 Å². The number of carboxylic acid groups (broad SMARTS) is 1. The number of hydrogen-bond acceptors (Lipinski definition) is 2. The van der Waals surface area contributed by atoms with Crippen LogP contribution in [0.5, 0.6) is 0 Å². The minimum Gasteiger partial charge on any atom is -0.477 e. The highest BCUT2D eigenvalue weighted by atomic mass is 35.5. The lowest BCUT2D eigenvalue weighted by Gasteiger charge is -2.11. The molecule has 0 saturated heterocycles. The Kier molecular flexibility index (Phi) is 3.31. The molecule has 1 N–H and O–H groups in total. The predicted octanol–water partition coefficient (Wildman–Crippen LogP) is 2.54. The van der Waals surface area contributed by atoms with Crippen molar-refractivity contribution in [3.8, 4) is 0 Å². The summed E-state index contributed by atoms with van der Waals surface area (Å²) in [5.74, 6) is -2.92. The molecule has 6 heteroatoms. The molecule has 1 aromatic carbocycles. The van der Waals surface area contributed by atoms with Crippen LogP contribution >= 0.6 is 11.6 Å². The Hall–Kier alpha value is -2.27. The average Bonchev–Trinajstić information content (AvgIpc) is 2.35. The van der Waals surface area contributed by atoms with E-state index in [4.69, 9.17) is 16.7 Å². The topological polar surface area (TPSA) is 57.4 Å². The third-order valence-corrected chi connectivity index (χ3v) is 2.86. The Morgan fingerprint density at radius 3 is 2.74 bits per heavy atom. The van der Waals surface area contributed by atoms with Gasteiger partial charge in [-0.1, -0.05) is 18.2 Å². The Labute approximate surface area is 112 Å². The smallest absolute Gasteiger partial charge is 0.345 e. The zero-order chi connectivity index (χ0) is 14.2. The molecule has 1 heterocycles. The molecule has 96 valence electrons. The van der Waals surface area contributed by atoms with Crippen LogP contribution in [0, 0.1) is 5.82 Å². The summed E-state index contributed by atoms with van der Waals surface area (Å²) in [6, 6.07) is 2.19. The molecule has 0 aliphatic carbocycles. The lowest BCUT2D eigenvalue weighted by atomic mass is 9.98. The zero-order valence-corrected chi connectivity index (χ0v) is 10.3. The van der Waals surface area contributed by atoms with Crippen molar-refractivity contribution in [1.29, 1.82) is 0 Å². The van der Waals surface area contributed by atoms with Crippen LogP contribution in [0.4, 0.5) is 10.1 Å². The molecule has 1 aliphatic rings. The average molecular weight is 281 g/mol. The van der Waals surface area contributed by atoms with Crippen LogP contribution in [0.25, 0.3) is 0 Å². The Morgan fingerprint density at radius 1 is 1.47 bits per heavy atom. The molecule has 1 aromatic rings. The normalized spacial score (nSPS) is 16.0. The third-order valence-electron chi connectivity index (χ3n) is 2.57. The molecule has 0 bridgehead atoms. The van der Waals surface area contributed by atoms with Crippen LogP contribution in [-0.4, -0.2) is 27.6 Å². The summed E-state index contributed by atoms with van der Waals surface area (Å²) in [4.78, 5) is 22.9. The van der Waals surface area contributed by atoms with E-state index in [2.05, 4.69) is 6.58 Å². The number of carboxylic acids is 1. The Balaban J connectivity index is 2.76. The number of carbonyl (C=O) groups excluding carboxylic acids is 1. The van der Waals surface area contributed by atoms with Crippen molar-refractivity contribution in [1.82, 2.24) is 0 Å². The molecule has 0 fully saturated rings. The lowest BCUT2D eigenvalue weighted by Crippen LogP contribution is -2.21. The number of carbonyl (C=O) groups is 2. The number of halogens is 2. The molecule has 0 unspecified atom stereocenters. The van der Waals surface area contributed by atoms with Crippen LogP contribution in [0.15, 0.2) is 36.6 Å². The number of allylic oxidation sites excluding steroid dienone is 1. The molecule has 0 amide bonds. The van der Waals surface area contributed by atoms with E-state index < -0.39 is 23.1 Å². The molecule has 2 rings (SSSR count). The fourth-order valence-corrected chi connectivity index (χ4v) is 1.89. The second-order valence-electron chi connectivity index (χ2n) is 3.75. The number of benzene rings is 1. The van der Waals surface area contributed by atoms with Crippen molar-refractivity contribution >= 4 is 35.3 Å². The first-order chi connectivity index (χ1) is 8.95. The number of nitrogens with zero attached hydrogens (tertiary/aromatic N) is 1. The largest absolute Gasteiger partial charge is 0.477 e. The van der Waals surface area contributed by atoms with Crippen LogP contribution in [0.1, 0.15) is 10.4 Å². The van der Waals surface area contributed by atoms with Gasteiger partial charge in [-0.3, -0.25) is 4.79 Å². The molecule has 4 nitrogen and oxygen atoms in total. The van der Waals surface area contributed by atoms with Crippen molar-refractivity contribution in [2.45, 2.75) is 0 Å². The molecule has 1 aliphatic heterocycles. The summed E-state index contributed by atoms with van der Waals surface area (Å²) in [7, 11) is 0. The fraction of sp³-hybridized carbons (Fsp3) is 0. The monoisotopic (exact) mass is 280 g/mol. The van der Waals surface area contributed by atoms with Gasteiger partial charge in [0.15, 0.2) is 18.0 Å². The van der Waals surface area contributed by atoms with Gasteiger partial charge in [-0.15, -0.1) is 0 Å². The summed E-state index contributed by atoms with van der Waals surface area (Å²) in [5, 5.41) is 8.82. The minimum atomic E-state index is -1.38. The Morgan fingerprint density at radius 2 is 2.16 bits per heavy atom. The molecule has 0 atom stereocenters. The van der Waals surface area contributed by atoms with Gasteiger partial charge in [-0.25, -0.2) is 9.18 Å². The molecule has 0 saturated carbocycles. The maximum absolute atomic E-state index is 13.4. The highest BCUT2D eigenvalue weighted by Gasteiger charge is 2.34. The number of aliphatic carboxylic acids is 1. The van der Waals surface area contributed by atoms with Crippen molar-refractivity contribution in [2.75, 3.05) is 0 Å². The number of Topliss-reactive ketones (excluding diaryl/α,β-unsaturated/α-hetero) is 1. The highest BCUT2D eigenvalue weighted by Crippen LogP contribution is 2.31. The van der Waals surface area contributed by atoms with Gasteiger partial charge in [0, 0.05) is 6.07 Å². The van der Waals surface area contributed by atoms with Gasteiger partial charge >= 0.3 is 5.97 Å². The number of rotatable bonds is 2. The summed E-state index contributed by atoms with van der Waals surface area (Å²) in [5.41, 5.74) is -0.200. The second-order valence-corrected chi connectivity index (χ2v) is 4.16. The second kappa shape index (κ2) is 4.78. The van der Waals surface area contributed by atoms with Gasteiger partial charge in [0.25, 0.3) is 0 Å². The van der Waals surface area contributed by atoms with Crippen LogP contribution in [-0.2, 0) is 4.79 Å². The van der Waals surface area contributed by atoms with E-state index in [9.17, 15) is 14.0 Å². The summed E-state index contributed by atoms with van der Waals surface area (Å²) in [6.07, 6.45) is 4.00. The van der Waals surface area contributed by atoms with E-state index >= 15 is 0 Å². The molecular weight excluding hydrogens is 273 g/mol.